The van der Waals surface area contributed by atoms with Crippen molar-refractivity contribution < 1.29 is 9.59 Å². The maximum atomic E-state index is 12.5. The third-order valence-electron chi connectivity index (χ3n) is 4.53. The first-order chi connectivity index (χ1) is 13.0. The average molecular weight is 364 g/mol. The third kappa shape index (κ3) is 4.34. The van der Waals surface area contributed by atoms with Gasteiger partial charge in [0.1, 0.15) is 6.54 Å². The molecule has 0 unspecified atom stereocenters. The second-order valence-electron chi connectivity index (χ2n) is 6.83. The summed E-state index contributed by atoms with van der Waals surface area (Å²) >= 11 is 0. The van der Waals surface area contributed by atoms with E-state index in [0.717, 1.165) is 22.0 Å². The highest BCUT2D eigenvalue weighted by Crippen LogP contribution is 2.14. The van der Waals surface area contributed by atoms with Crippen LogP contribution in [0, 0.1) is 13.8 Å². The van der Waals surface area contributed by atoms with E-state index in [1.165, 1.54) is 0 Å². The minimum absolute atomic E-state index is 0.0891. The van der Waals surface area contributed by atoms with Crippen molar-refractivity contribution in [2.75, 3.05) is 6.54 Å². The first kappa shape index (κ1) is 18.6. The molecule has 1 atom stereocenters. The second-order valence-corrected chi connectivity index (χ2v) is 6.83. The molecule has 2 amide bonds. The predicted molar refractivity (Wildman–Crippen MR) is 106 cm³/mol. The van der Waals surface area contributed by atoms with E-state index in [2.05, 4.69) is 15.6 Å². The second kappa shape index (κ2) is 8.03. The Balaban J connectivity index is 1.53. The number of aromatic nitrogens is 2. The lowest BCUT2D eigenvalue weighted by Crippen LogP contribution is -2.43. The smallest absolute Gasteiger partial charge is 0.252 e. The summed E-state index contributed by atoms with van der Waals surface area (Å²) in [6, 6.07) is 9.75. The van der Waals surface area contributed by atoms with Crippen LogP contribution in [0.15, 0.2) is 48.9 Å². The molecule has 0 radical (unpaired) electrons. The van der Waals surface area contributed by atoms with Crippen LogP contribution in [0.1, 0.15) is 28.4 Å². The topological polar surface area (TPSA) is 76.0 Å². The predicted octanol–water partition coefficient (Wildman–Crippen LogP) is 2.59. The minimum atomic E-state index is -0.185. The van der Waals surface area contributed by atoms with Crippen molar-refractivity contribution in [3.63, 3.8) is 0 Å². The molecule has 140 valence electrons. The van der Waals surface area contributed by atoms with E-state index in [9.17, 15) is 9.59 Å². The van der Waals surface area contributed by atoms with Crippen LogP contribution in [0.2, 0.25) is 0 Å². The minimum Gasteiger partial charge on any atom is -0.353 e. The van der Waals surface area contributed by atoms with Crippen molar-refractivity contribution in [2.24, 2.45) is 0 Å². The average Bonchev–Trinajstić information content (AvgIpc) is 3.03. The lowest BCUT2D eigenvalue weighted by molar-refractivity contribution is -0.121. The number of carbonyl (C=O) groups is 2. The number of nitrogens with one attached hydrogen (secondary N) is 2. The molecule has 0 aliphatic rings. The Kier molecular flexibility index (Phi) is 5.54. The Labute approximate surface area is 158 Å². The molecular formula is C21H24N4O2. The summed E-state index contributed by atoms with van der Waals surface area (Å²) < 4.78 is 1.91. The lowest BCUT2D eigenvalue weighted by atomic mass is 10.1. The summed E-state index contributed by atoms with van der Waals surface area (Å²) in [5, 5.41) is 6.92. The van der Waals surface area contributed by atoms with Crippen LogP contribution < -0.4 is 10.6 Å². The Bertz CT molecular complexity index is 957. The van der Waals surface area contributed by atoms with Gasteiger partial charge in [0.25, 0.3) is 5.91 Å². The van der Waals surface area contributed by atoms with Crippen LogP contribution in [-0.2, 0) is 11.3 Å². The summed E-state index contributed by atoms with van der Waals surface area (Å²) in [6.07, 6.45) is 5.26. The number of nitrogens with zero attached hydrogens (tertiary/aromatic N) is 2. The summed E-state index contributed by atoms with van der Waals surface area (Å²) in [5.41, 5.74) is 3.34. The quantitative estimate of drug-likeness (QED) is 0.706. The number of benzene rings is 1. The fourth-order valence-corrected chi connectivity index (χ4v) is 3.16. The van der Waals surface area contributed by atoms with Gasteiger partial charge in [0.15, 0.2) is 0 Å². The van der Waals surface area contributed by atoms with Gasteiger partial charge in [-0.3, -0.25) is 14.6 Å². The van der Waals surface area contributed by atoms with E-state index in [4.69, 9.17) is 0 Å². The van der Waals surface area contributed by atoms with Crippen molar-refractivity contribution in [2.45, 2.75) is 33.4 Å². The van der Waals surface area contributed by atoms with Gasteiger partial charge in [0, 0.05) is 42.3 Å². The fraction of sp³-hybridized carbons (Fsp3) is 0.286. The zero-order chi connectivity index (χ0) is 19.4. The zero-order valence-electron chi connectivity index (χ0n) is 15.8. The van der Waals surface area contributed by atoms with E-state index in [1.54, 1.807) is 12.4 Å². The normalized spacial score (nSPS) is 12.0. The molecule has 27 heavy (non-hydrogen) atoms. The molecular weight excluding hydrogens is 340 g/mol. The molecule has 3 aromatic rings. The molecule has 0 aliphatic carbocycles. The van der Waals surface area contributed by atoms with Gasteiger partial charge in [-0.2, -0.15) is 0 Å². The highest BCUT2D eigenvalue weighted by atomic mass is 16.2. The number of pyridine rings is 1. The molecule has 3 rings (SSSR count). The van der Waals surface area contributed by atoms with Crippen LogP contribution in [0.5, 0.6) is 0 Å². The number of fused-ring (bicyclic) bond motifs is 1. The van der Waals surface area contributed by atoms with E-state index in [-0.39, 0.29) is 24.4 Å². The van der Waals surface area contributed by atoms with Gasteiger partial charge in [-0.25, -0.2) is 0 Å². The molecule has 0 bridgehead atoms. The lowest BCUT2D eigenvalue weighted by Gasteiger charge is -2.17. The molecule has 2 heterocycles. The first-order valence-corrected chi connectivity index (χ1v) is 8.98. The Morgan fingerprint density at radius 2 is 1.81 bits per heavy atom. The van der Waals surface area contributed by atoms with Gasteiger partial charge in [-0.1, -0.05) is 18.2 Å². The molecule has 0 spiro atoms. The molecule has 2 aromatic heterocycles. The van der Waals surface area contributed by atoms with Crippen molar-refractivity contribution in [1.29, 1.82) is 0 Å². The van der Waals surface area contributed by atoms with Crippen LogP contribution in [0.25, 0.3) is 10.9 Å². The van der Waals surface area contributed by atoms with Gasteiger partial charge in [0.2, 0.25) is 5.91 Å². The van der Waals surface area contributed by atoms with Crippen LogP contribution in [-0.4, -0.2) is 34.0 Å². The van der Waals surface area contributed by atoms with Gasteiger partial charge >= 0.3 is 0 Å². The van der Waals surface area contributed by atoms with Crippen molar-refractivity contribution in [1.82, 2.24) is 20.2 Å². The van der Waals surface area contributed by atoms with Gasteiger partial charge < -0.3 is 15.2 Å². The fourth-order valence-electron chi connectivity index (χ4n) is 3.16. The van der Waals surface area contributed by atoms with Crippen molar-refractivity contribution in [3.8, 4) is 0 Å². The monoisotopic (exact) mass is 364 g/mol. The maximum absolute atomic E-state index is 12.5. The zero-order valence-corrected chi connectivity index (χ0v) is 15.8. The van der Waals surface area contributed by atoms with Gasteiger partial charge in [-0.15, -0.1) is 0 Å². The number of amides is 2. The van der Waals surface area contributed by atoms with E-state index in [1.807, 2.05) is 61.9 Å². The molecule has 0 saturated heterocycles. The Hall–Kier alpha value is -3.15. The number of aryl methyl sites for hydroxylation is 2. The van der Waals surface area contributed by atoms with Crippen molar-refractivity contribution in [3.05, 3.63) is 65.6 Å². The summed E-state index contributed by atoms with van der Waals surface area (Å²) in [4.78, 5) is 28.8. The van der Waals surface area contributed by atoms with E-state index >= 15 is 0 Å². The summed E-state index contributed by atoms with van der Waals surface area (Å²) in [7, 11) is 0. The third-order valence-corrected chi connectivity index (χ3v) is 4.53. The molecule has 0 fully saturated rings. The SMILES string of the molecule is Cc1cncc(C)c1C(=O)N[C@H](C)CNC(=O)Cn1ccc2ccccc21. The number of hydrogen-bond acceptors (Lipinski definition) is 3. The van der Waals surface area contributed by atoms with Crippen LogP contribution in [0.3, 0.4) is 0 Å². The van der Waals surface area contributed by atoms with E-state index < -0.39 is 0 Å². The molecule has 1 aromatic carbocycles. The molecule has 2 N–H and O–H groups in total. The summed E-state index contributed by atoms with van der Waals surface area (Å²) in [6.45, 7) is 6.21. The summed E-state index contributed by atoms with van der Waals surface area (Å²) in [5.74, 6) is -0.237. The largest absolute Gasteiger partial charge is 0.353 e. The number of para-hydroxylation sites is 1. The van der Waals surface area contributed by atoms with Gasteiger partial charge in [-0.05, 0) is 49.4 Å². The number of carbonyl (C=O) groups excluding carboxylic acids is 2. The number of rotatable bonds is 6. The Morgan fingerprint density at radius 3 is 2.56 bits per heavy atom. The Morgan fingerprint density at radius 1 is 1.11 bits per heavy atom. The van der Waals surface area contributed by atoms with Crippen LogP contribution >= 0.6 is 0 Å². The molecule has 6 heteroatoms. The standard InChI is InChI=1S/C21H24N4O2/c1-14-10-22-11-15(2)20(14)21(27)24-16(3)12-23-19(26)13-25-9-8-17-6-4-5-7-18(17)25/h4-11,16H,12-13H2,1-3H3,(H,23,26)(H,24,27)/t16-/m1/s1. The highest BCUT2D eigenvalue weighted by Gasteiger charge is 2.15. The van der Waals surface area contributed by atoms with Gasteiger partial charge in [0.05, 0.1) is 0 Å². The molecule has 0 aliphatic heterocycles. The highest BCUT2D eigenvalue weighted by molar-refractivity contribution is 5.97. The van der Waals surface area contributed by atoms with E-state index in [0.29, 0.717) is 12.1 Å². The maximum Gasteiger partial charge on any atom is 0.252 e. The van der Waals surface area contributed by atoms with Crippen molar-refractivity contribution >= 4 is 22.7 Å². The van der Waals surface area contributed by atoms with Crippen LogP contribution in [0.4, 0.5) is 0 Å². The molecule has 0 saturated carbocycles. The number of hydrogen-bond donors (Lipinski definition) is 2. The molecule has 6 nitrogen and oxygen atoms in total. The first-order valence-electron chi connectivity index (χ1n) is 8.98.